The summed E-state index contributed by atoms with van der Waals surface area (Å²) in [4.78, 5) is 27.0. The van der Waals surface area contributed by atoms with Crippen molar-refractivity contribution in [3.63, 3.8) is 0 Å². The molecular formula is C21H21NO4S. The lowest BCUT2D eigenvalue weighted by molar-refractivity contribution is -0.147. The largest absolute Gasteiger partial charge is 0.460 e. The Morgan fingerprint density at radius 1 is 1.22 bits per heavy atom. The zero-order valence-electron chi connectivity index (χ0n) is 14.9. The van der Waals surface area contributed by atoms with E-state index in [0.29, 0.717) is 34.9 Å². The zero-order chi connectivity index (χ0) is 19.4. The minimum atomic E-state index is -1.40. The first-order chi connectivity index (χ1) is 13.0. The summed E-state index contributed by atoms with van der Waals surface area (Å²) in [5.41, 5.74) is -0.431. The number of aromatic nitrogens is 1. The SMILES string of the molecule is C=CCOC(=O)C1(C(=O)c2cccc(S(=O)CC=C)c2)CCn2cccc21. The van der Waals surface area contributed by atoms with Crippen LogP contribution in [0.15, 0.2) is 72.8 Å². The molecule has 0 radical (unpaired) electrons. The van der Waals surface area contributed by atoms with E-state index in [-0.39, 0.29) is 12.4 Å². The number of ketones is 1. The summed E-state index contributed by atoms with van der Waals surface area (Å²) in [7, 11) is -1.28. The van der Waals surface area contributed by atoms with Crippen LogP contribution in [0.3, 0.4) is 0 Å². The van der Waals surface area contributed by atoms with Crippen LogP contribution in [0.25, 0.3) is 0 Å². The van der Waals surface area contributed by atoms with Gasteiger partial charge in [0, 0.05) is 34.6 Å². The summed E-state index contributed by atoms with van der Waals surface area (Å²) in [5.74, 6) is -0.624. The van der Waals surface area contributed by atoms with Crippen molar-refractivity contribution in [3.05, 3.63) is 79.2 Å². The summed E-state index contributed by atoms with van der Waals surface area (Å²) < 4.78 is 19.5. The molecule has 6 heteroatoms. The van der Waals surface area contributed by atoms with E-state index < -0.39 is 22.2 Å². The van der Waals surface area contributed by atoms with E-state index in [9.17, 15) is 13.8 Å². The maximum atomic E-state index is 13.5. The van der Waals surface area contributed by atoms with Crippen molar-refractivity contribution in [1.29, 1.82) is 0 Å². The number of hydrogen-bond donors (Lipinski definition) is 0. The lowest BCUT2D eigenvalue weighted by Crippen LogP contribution is -2.43. The number of ether oxygens (including phenoxy) is 1. The Kier molecular flexibility index (Phi) is 5.56. The molecule has 5 nitrogen and oxygen atoms in total. The van der Waals surface area contributed by atoms with Gasteiger partial charge in [-0.3, -0.25) is 13.8 Å². The molecule has 0 N–H and O–H groups in total. The van der Waals surface area contributed by atoms with Crippen LogP contribution in [0.1, 0.15) is 22.5 Å². The van der Waals surface area contributed by atoms with E-state index in [0.717, 1.165) is 0 Å². The molecule has 1 aromatic heterocycles. The summed E-state index contributed by atoms with van der Waals surface area (Å²) in [5, 5.41) is 0. The first kappa shape index (κ1) is 19.0. The van der Waals surface area contributed by atoms with Gasteiger partial charge in [-0.1, -0.05) is 30.9 Å². The normalized spacial score (nSPS) is 19.1. The number of esters is 1. The Hall–Kier alpha value is -2.73. The van der Waals surface area contributed by atoms with Crippen molar-refractivity contribution in [1.82, 2.24) is 4.57 Å². The third-order valence-corrected chi connectivity index (χ3v) is 6.01. The van der Waals surface area contributed by atoms with Gasteiger partial charge in [-0.2, -0.15) is 0 Å². The van der Waals surface area contributed by atoms with Crippen molar-refractivity contribution >= 4 is 22.6 Å². The molecule has 0 saturated carbocycles. The molecule has 1 aliphatic rings. The lowest BCUT2D eigenvalue weighted by Gasteiger charge is -2.25. The maximum Gasteiger partial charge on any atom is 0.326 e. The van der Waals surface area contributed by atoms with Crippen molar-refractivity contribution in [2.45, 2.75) is 23.3 Å². The van der Waals surface area contributed by atoms with Gasteiger partial charge < -0.3 is 9.30 Å². The van der Waals surface area contributed by atoms with Gasteiger partial charge in [0.15, 0.2) is 11.2 Å². The topological polar surface area (TPSA) is 65.4 Å². The van der Waals surface area contributed by atoms with Crippen molar-refractivity contribution in [3.8, 4) is 0 Å². The van der Waals surface area contributed by atoms with Crippen LogP contribution in [-0.2, 0) is 32.3 Å². The molecule has 0 aliphatic carbocycles. The summed E-state index contributed by atoms with van der Waals surface area (Å²) in [6, 6.07) is 10.2. The Morgan fingerprint density at radius 3 is 2.78 bits per heavy atom. The molecule has 2 aromatic rings. The molecule has 0 amide bonds. The third kappa shape index (κ3) is 3.32. The molecule has 1 aromatic carbocycles. The van der Waals surface area contributed by atoms with Crippen LogP contribution in [0, 0.1) is 0 Å². The number of carbonyl (C=O) groups excluding carboxylic acids is 2. The molecule has 0 spiro atoms. The molecular weight excluding hydrogens is 362 g/mol. The molecule has 0 fully saturated rings. The molecule has 27 heavy (non-hydrogen) atoms. The Bertz CT molecular complexity index is 930. The molecule has 0 saturated heterocycles. The predicted molar refractivity (Wildman–Crippen MR) is 104 cm³/mol. The van der Waals surface area contributed by atoms with Crippen molar-refractivity contribution in [2.75, 3.05) is 12.4 Å². The second-order valence-corrected chi connectivity index (χ2v) is 7.78. The van der Waals surface area contributed by atoms with Crippen molar-refractivity contribution < 1.29 is 18.5 Å². The highest BCUT2D eigenvalue weighted by Gasteiger charge is 2.53. The average Bonchev–Trinajstić information content (AvgIpc) is 3.29. The van der Waals surface area contributed by atoms with E-state index in [1.807, 2.05) is 16.8 Å². The van der Waals surface area contributed by atoms with E-state index in [2.05, 4.69) is 13.2 Å². The van der Waals surface area contributed by atoms with Gasteiger partial charge >= 0.3 is 5.97 Å². The Morgan fingerprint density at radius 2 is 2.04 bits per heavy atom. The fraction of sp³-hybridized carbons (Fsp3) is 0.238. The smallest absolute Gasteiger partial charge is 0.326 e. The standard InChI is InChI=1S/C21H21NO4S/c1-3-13-26-20(24)21(10-12-22-11-6-9-18(21)22)19(23)16-7-5-8-17(15-16)27(25)14-4-2/h3-9,11,15H,1-2,10,12-14H2. The number of benzene rings is 1. The van der Waals surface area contributed by atoms with Crippen LogP contribution in [0.4, 0.5) is 0 Å². The number of hydrogen-bond acceptors (Lipinski definition) is 4. The summed E-state index contributed by atoms with van der Waals surface area (Å²) in [6.07, 6.45) is 5.23. The second kappa shape index (κ2) is 7.88. The highest BCUT2D eigenvalue weighted by atomic mass is 32.2. The van der Waals surface area contributed by atoms with E-state index in [1.54, 1.807) is 36.4 Å². The van der Waals surface area contributed by atoms with Crippen LogP contribution < -0.4 is 0 Å². The quantitative estimate of drug-likeness (QED) is 0.304. The predicted octanol–water partition coefficient (Wildman–Crippen LogP) is 3.04. The highest BCUT2D eigenvalue weighted by molar-refractivity contribution is 7.85. The van der Waals surface area contributed by atoms with Crippen LogP contribution in [-0.4, -0.2) is 32.9 Å². The van der Waals surface area contributed by atoms with Crippen molar-refractivity contribution in [2.24, 2.45) is 0 Å². The summed E-state index contributed by atoms with van der Waals surface area (Å²) >= 11 is 0. The number of fused-ring (bicyclic) bond motifs is 1. The van der Waals surface area contributed by atoms with Crippen LogP contribution in [0.5, 0.6) is 0 Å². The van der Waals surface area contributed by atoms with Crippen LogP contribution in [0.2, 0.25) is 0 Å². The number of aryl methyl sites for hydroxylation is 1. The summed E-state index contributed by atoms with van der Waals surface area (Å²) in [6.45, 7) is 7.75. The average molecular weight is 383 g/mol. The Balaban J connectivity index is 2.04. The van der Waals surface area contributed by atoms with Crippen LogP contribution >= 0.6 is 0 Å². The van der Waals surface area contributed by atoms with Gasteiger partial charge in [0.05, 0.1) is 10.8 Å². The highest BCUT2D eigenvalue weighted by Crippen LogP contribution is 2.39. The molecule has 2 unspecified atom stereocenters. The fourth-order valence-corrected chi connectivity index (χ4v) is 4.32. The molecule has 2 atom stereocenters. The van der Waals surface area contributed by atoms with Gasteiger partial charge in [0.2, 0.25) is 0 Å². The number of nitrogens with zero attached hydrogens (tertiary/aromatic N) is 1. The van der Waals surface area contributed by atoms with Gasteiger partial charge in [0.1, 0.15) is 6.61 Å². The lowest BCUT2D eigenvalue weighted by atomic mass is 9.76. The molecule has 2 heterocycles. The first-order valence-electron chi connectivity index (χ1n) is 8.62. The Labute approximate surface area is 160 Å². The minimum Gasteiger partial charge on any atom is -0.460 e. The fourth-order valence-electron chi connectivity index (χ4n) is 3.43. The number of rotatable bonds is 8. The molecule has 3 rings (SSSR count). The maximum absolute atomic E-state index is 13.5. The third-order valence-electron chi connectivity index (χ3n) is 4.69. The van der Waals surface area contributed by atoms with E-state index >= 15 is 0 Å². The van der Waals surface area contributed by atoms with Gasteiger partial charge in [-0.05, 0) is 30.7 Å². The monoisotopic (exact) mass is 383 g/mol. The second-order valence-electron chi connectivity index (χ2n) is 6.29. The molecule has 1 aliphatic heterocycles. The minimum absolute atomic E-state index is 0.0396. The molecule has 140 valence electrons. The number of carbonyl (C=O) groups is 2. The zero-order valence-corrected chi connectivity index (χ0v) is 15.7. The van der Waals surface area contributed by atoms with Gasteiger partial charge in [0.25, 0.3) is 0 Å². The number of Topliss-reactive ketones (excluding diaryl/α,β-unsaturated/α-hetero) is 1. The van der Waals surface area contributed by atoms with Gasteiger partial charge in [-0.25, -0.2) is 0 Å². The molecule has 0 bridgehead atoms. The first-order valence-corrected chi connectivity index (χ1v) is 9.94. The van der Waals surface area contributed by atoms with Gasteiger partial charge in [-0.15, -0.1) is 6.58 Å². The van der Waals surface area contributed by atoms with E-state index in [1.165, 1.54) is 6.08 Å². The van der Waals surface area contributed by atoms with E-state index in [4.69, 9.17) is 4.74 Å².